The van der Waals surface area contributed by atoms with Crippen LogP contribution in [0, 0.1) is 17.8 Å². The van der Waals surface area contributed by atoms with E-state index in [2.05, 4.69) is 10.6 Å². The summed E-state index contributed by atoms with van der Waals surface area (Å²) in [7, 11) is 0. The Morgan fingerprint density at radius 3 is 1.63 bits per heavy atom. The third kappa shape index (κ3) is 10.2. The summed E-state index contributed by atoms with van der Waals surface area (Å²) in [5.41, 5.74) is 5.57. The predicted molar refractivity (Wildman–Crippen MR) is 106 cm³/mol. The Morgan fingerprint density at radius 2 is 1.22 bits per heavy atom. The van der Waals surface area contributed by atoms with Gasteiger partial charge < -0.3 is 16.4 Å². The standard InChI is InChI=1S/C20H37N3O4/c1-11(2)8-16(15(7)24)22-19(26)13(5)10-18(25)17(9-12(3)4)23-20(27)14(6)21/h11-14,16-17H,8-10,21H2,1-7H3,(H,22,26)(H,23,27)/t13-,14+,16+,17+/m1/s1. The van der Waals surface area contributed by atoms with E-state index >= 15 is 0 Å². The second kappa shape index (κ2) is 11.8. The quantitative estimate of drug-likeness (QED) is 0.473. The molecule has 0 aliphatic carbocycles. The maximum atomic E-state index is 12.6. The number of Topliss-reactive ketones (excluding diaryl/α,β-unsaturated/α-hetero) is 2. The van der Waals surface area contributed by atoms with Crippen molar-refractivity contribution in [1.82, 2.24) is 10.6 Å². The minimum Gasteiger partial charge on any atom is -0.346 e. The molecule has 0 heterocycles. The van der Waals surface area contributed by atoms with Crippen LogP contribution in [-0.2, 0) is 19.2 Å². The Morgan fingerprint density at radius 1 is 0.778 bits per heavy atom. The highest BCUT2D eigenvalue weighted by Gasteiger charge is 2.28. The molecule has 4 N–H and O–H groups in total. The topological polar surface area (TPSA) is 118 Å². The molecule has 0 fully saturated rings. The molecule has 2 amide bonds. The molecular formula is C20H37N3O4. The van der Waals surface area contributed by atoms with Gasteiger partial charge in [-0.05, 0) is 38.5 Å². The molecule has 27 heavy (non-hydrogen) atoms. The number of nitrogens with two attached hydrogens (primary N) is 1. The van der Waals surface area contributed by atoms with Gasteiger partial charge in [0.25, 0.3) is 0 Å². The van der Waals surface area contributed by atoms with Crippen LogP contribution in [0.3, 0.4) is 0 Å². The smallest absolute Gasteiger partial charge is 0.237 e. The molecule has 0 aliphatic heterocycles. The Kier molecular flexibility index (Phi) is 11.1. The van der Waals surface area contributed by atoms with E-state index in [1.54, 1.807) is 13.8 Å². The second-order valence-electron chi connectivity index (χ2n) is 8.35. The maximum absolute atomic E-state index is 12.6. The lowest BCUT2D eigenvalue weighted by atomic mass is 9.93. The number of rotatable bonds is 12. The number of nitrogens with one attached hydrogen (secondary N) is 2. The number of amides is 2. The van der Waals surface area contributed by atoms with Crippen LogP contribution in [0.5, 0.6) is 0 Å². The first-order chi connectivity index (χ1) is 12.3. The Bertz CT molecular complexity index is 529. The number of carbonyl (C=O) groups excluding carboxylic acids is 4. The molecule has 0 rings (SSSR count). The number of hydrogen-bond acceptors (Lipinski definition) is 5. The van der Waals surface area contributed by atoms with E-state index in [4.69, 9.17) is 5.73 Å². The van der Waals surface area contributed by atoms with Gasteiger partial charge in [0.05, 0.1) is 18.1 Å². The molecule has 0 aromatic rings. The average Bonchev–Trinajstić information content (AvgIpc) is 2.51. The summed E-state index contributed by atoms with van der Waals surface area (Å²) in [6.45, 7) is 12.5. The van der Waals surface area contributed by atoms with Gasteiger partial charge in [-0.25, -0.2) is 0 Å². The van der Waals surface area contributed by atoms with Crippen molar-refractivity contribution >= 4 is 23.4 Å². The molecule has 0 saturated carbocycles. The Hall–Kier alpha value is -1.76. The molecule has 0 aromatic carbocycles. The fraction of sp³-hybridized carbons (Fsp3) is 0.800. The summed E-state index contributed by atoms with van der Waals surface area (Å²) in [6, 6.07) is -1.92. The summed E-state index contributed by atoms with van der Waals surface area (Å²) in [5, 5.41) is 5.42. The molecule has 4 atom stereocenters. The van der Waals surface area contributed by atoms with E-state index in [0.29, 0.717) is 12.8 Å². The van der Waals surface area contributed by atoms with Crippen molar-refractivity contribution in [1.29, 1.82) is 0 Å². The van der Waals surface area contributed by atoms with Gasteiger partial charge in [-0.3, -0.25) is 19.2 Å². The van der Waals surface area contributed by atoms with Crippen molar-refractivity contribution in [2.45, 2.75) is 85.9 Å². The lowest BCUT2D eigenvalue weighted by Crippen LogP contribution is -2.49. The normalized spacial score (nSPS) is 15.8. The molecule has 7 heteroatoms. The minimum atomic E-state index is -0.708. The van der Waals surface area contributed by atoms with Crippen LogP contribution in [0.4, 0.5) is 0 Å². The van der Waals surface area contributed by atoms with Gasteiger partial charge in [0.1, 0.15) is 0 Å². The lowest BCUT2D eigenvalue weighted by molar-refractivity contribution is -0.133. The van der Waals surface area contributed by atoms with Crippen LogP contribution >= 0.6 is 0 Å². The monoisotopic (exact) mass is 383 g/mol. The molecule has 0 aromatic heterocycles. The van der Waals surface area contributed by atoms with Crippen molar-refractivity contribution < 1.29 is 19.2 Å². The van der Waals surface area contributed by atoms with Gasteiger partial charge in [-0.15, -0.1) is 0 Å². The Balaban J connectivity index is 4.95. The molecular weight excluding hydrogens is 346 g/mol. The highest BCUT2D eigenvalue weighted by molar-refractivity contribution is 5.94. The van der Waals surface area contributed by atoms with Crippen molar-refractivity contribution in [2.24, 2.45) is 23.5 Å². The summed E-state index contributed by atoms with van der Waals surface area (Å²) in [4.78, 5) is 48.7. The van der Waals surface area contributed by atoms with Gasteiger partial charge in [0, 0.05) is 12.3 Å². The van der Waals surface area contributed by atoms with E-state index in [9.17, 15) is 19.2 Å². The van der Waals surface area contributed by atoms with Crippen molar-refractivity contribution in [3.63, 3.8) is 0 Å². The van der Waals surface area contributed by atoms with Crippen LogP contribution in [0.2, 0.25) is 0 Å². The van der Waals surface area contributed by atoms with Crippen LogP contribution in [-0.4, -0.2) is 41.5 Å². The number of hydrogen-bond donors (Lipinski definition) is 3. The third-order valence-corrected chi connectivity index (χ3v) is 4.30. The van der Waals surface area contributed by atoms with Crippen LogP contribution in [0.25, 0.3) is 0 Å². The SMILES string of the molecule is CC(=O)[C@H](CC(C)C)NC(=O)[C@H](C)CC(=O)[C@H](CC(C)C)NC(=O)[C@H](C)N. The highest BCUT2D eigenvalue weighted by Crippen LogP contribution is 2.13. The first kappa shape index (κ1) is 25.2. The second-order valence-corrected chi connectivity index (χ2v) is 8.35. The molecule has 0 saturated heterocycles. The van der Waals surface area contributed by atoms with Crippen LogP contribution < -0.4 is 16.4 Å². The van der Waals surface area contributed by atoms with Gasteiger partial charge in [0.15, 0.2) is 11.6 Å². The van der Waals surface area contributed by atoms with E-state index in [0.717, 1.165) is 0 Å². The molecule has 7 nitrogen and oxygen atoms in total. The molecule has 0 aliphatic rings. The molecule has 0 bridgehead atoms. The summed E-state index contributed by atoms with van der Waals surface area (Å²) in [6.07, 6.45) is 1.03. The van der Waals surface area contributed by atoms with Gasteiger partial charge in [-0.2, -0.15) is 0 Å². The van der Waals surface area contributed by atoms with Crippen molar-refractivity contribution in [3.8, 4) is 0 Å². The highest BCUT2D eigenvalue weighted by atomic mass is 16.2. The summed E-state index contributed by atoms with van der Waals surface area (Å²) < 4.78 is 0. The Labute approximate surface area is 163 Å². The minimum absolute atomic E-state index is 0.00520. The fourth-order valence-corrected chi connectivity index (χ4v) is 2.69. The molecule has 0 unspecified atom stereocenters. The van der Waals surface area contributed by atoms with E-state index in [-0.39, 0.29) is 41.6 Å². The van der Waals surface area contributed by atoms with Crippen LogP contribution in [0.15, 0.2) is 0 Å². The predicted octanol–water partition coefficient (Wildman–Crippen LogP) is 1.58. The molecule has 0 spiro atoms. The average molecular weight is 384 g/mol. The number of carbonyl (C=O) groups is 4. The van der Waals surface area contributed by atoms with E-state index in [1.807, 2.05) is 27.7 Å². The fourth-order valence-electron chi connectivity index (χ4n) is 2.69. The van der Waals surface area contributed by atoms with Crippen molar-refractivity contribution in [2.75, 3.05) is 0 Å². The molecule has 0 radical (unpaired) electrons. The summed E-state index contributed by atoms with van der Waals surface area (Å²) >= 11 is 0. The van der Waals surface area contributed by atoms with Gasteiger partial charge in [0.2, 0.25) is 11.8 Å². The van der Waals surface area contributed by atoms with Gasteiger partial charge in [-0.1, -0.05) is 34.6 Å². The maximum Gasteiger partial charge on any atom is 0.237 e. The first-order valence-electron chi connectivity index (χ1n) is 9.74. The lowest BCUT2D eigenvalue weighted by Gasteiger charge is -2.23. The van der Waals surface area contributed by atoms with Crippen molar-refractivity contribution in [3.05, 3.63) is 0 Å². The first-order valence-corrected chi connectivity index (χ1v) is 9.74. The van der Waals surface area contributed by atoms with Gasteiger partial charge >= 0.3 is 0 Å². The zero-order valence-electron chi connectivity index (χ0n) is 17.8. The zero-order chi connectivity index (χ0) is 21.3. The summed E-state index contributed by atoms with van der Waals surface area (Å²) in [5.74, 6) is -1.15. The largest absolute Gasteiger partial charge is 0.346 e. The van der Waals surface area contributed by atoms with Crippen LogP contribution in [0.1, 0.15) is 67.7 Å². The van der Waals surface area contributed by atoms with E-state index < -0.39 is 24.0 Å². The third-order valence-electron chi connectivity index (χ3n) is 4.30. The number of ketones is 2. The zero-order valence-corrected chi connectivity index (χ0v) is 17.8. The molecule has 156 valence electrons. The van der Waals surface area contributed by atoms with E-state index in [1.165, 1.54) is 6.92 Å².